The number of amides is 1. The van der Waals surface area contributed by atoms with Crippen molar-refractivity contribution in [1.29, 1.82) is 0 Å². The molecule has 1 heterocycles. The first kappa shape index (κ1) is 17.7. The maximum absolute atomic E-state index is 12.0. The van der Waals surface area contributed by atoms with Gasteiger partial charge < -0.3 is 20.6 Å². The zero-order valence-corrected chi connectivity index (χ0v) is 13.1. The molecule has 0 spiro atoms. The number of ether oxygens (including phenoxy) is 1. The molecule has 0 radical (unpaired) electrons. The molecule has 122 valence electrons. The second-order valence-corrected chi connectivity index (χ2v) is 5.19. The molecule has 1 fully saturated rings. The third-order valence-electron chi connectivity index (χ3n) is 3.79. The normalized spacial score (nSPS) is 18.8. The summed E-state index contributed by atoms with van der Waals surface area (Å²) in [5.74, 6) is 0.395. The van der Waals surface area contributed by atoms with Crippen LogP contribution in [0.5, 0.6) is 0 Å². The molecule has 0 aromatic rings. The minimum Gasteiger partial charge on any atom is -0.409 e. The molecule has 0 bridgehead atoms. The number of nitrogens with zero attached hydrogens (tertiary/aromatic N) is 3. The molecule has 21 heavy (non-hydrogen) atoms. The molecule has 1 atom stereocenters. The summed E-state index contributed by atoms with van der Waals surface area (Å²) in [4.78, 5) is 16.1. The highest BCUT2D eigenvalue weighted by Gasteiger charge is 2.27. The van der Waals surface area contributed by atoms with Crippen LogP contribution in [-0.4, -0.2) is 72.2 Å². The van der Waals surface area contributed by atoms with Crippen LogP contribution < -0.4 is 5.73 Å². The number of amidine groups is 1. The van der Waals surface area contributed by atoms with Crippen molar-refractivity contribution in [2.24, 2.45) is 10.9 Å². The predicted octanol–water partition coefficient (Wildman–Crippen LogP) is 0.472. The predicted molar refractivity (Wildman–Crippen MR) is 81.4 cm³/mol. The number of nitrogens with two attached hydrogens (primary N) is 1. The lowest BCUT2D eigenvalue weighted by Crippen LogP contribution is -2.55. The third kappa shape index (κ3) is 5.51. The fourth-order valence-corrected chi connectivity index (χ4v) is 2.60. The van der Waals surface area contributed by atoms with Crippen molar-refractivity contribution in [1.82, 2.24) is 9.80 Å². The molecule has 3 N–H and O–H groups in total. The molecule has 0 aliphatic carbocycles. The summed E-state index contributed by atoms with van der Waals surface area (Å²) in [5, 5.41) is 12.0. The summed E-state index contributed by atoms with van der Waals surface area (Å²) < 4.78 is 5.21. The smallest absolute Gasteiger partial charge is 0.224 e. The molecule has 1 aliphatic rings. The molecule has 1 unspecified atom stereocenters. The SMILES string of the molecule is CCCC(C(N)=NO)N1CCN(C(=O)CCOCC)CC1. The number of hydrogen-bond donors (Lipinski definition) is 2. The lowest BCUT2D eigenvalue weighted by molar-refractivity contribution is -0.134. The molecule has 0 aromatic carbocycles. The number of oxime groups is 1. The second-order valence-electron chi connectivity index (χ2n) is 5.19. The molecule has 1 aliphatic heterocycles. The first-order chi connectivity index (χ1) is 10.1. The lowest BCUT2D eigenvalue weighted by Gasteiger charge is -2.38. The van der Waals surface area contributed by atoms with Crippen LogP contribution in [0.3, 0.4) is 0 Å². The Morgan fingerprint density at radius 3 is 2.52 bits per heavy atom. The Hall–Kier alpha value is -1.34. The minimum absolute atomic E-state index is 0.0410. The van der Waals surface area contributed by atoms with Crippen molar-refractivity contribution in [3.63, 3.8) is 0 Å². The van der Waals surface area contributed by atoms with Crippen LogP contribution in [0, 0.1) is 0 Å². The summed E-state index contributed by atoms with van der Waals surface area (Å²) >= 11 is 0. The minimum atomic E-state index is -0.0410. The maximum Gasteiger partial charge on any atom is 0.224 e. The average molecular weight is 300 g/mol. The highest BCUT2D eigenvalue weighted by molar-refractivity contribution is 5.85. The number of rotatable bonds is 8. The molecule has 1 saturated heterocycles. The van der Waals surface area contributed by atoms with Crippen LogP contribution >= 0.6 is 0 Å². The molecule has 0 aromatic heterocycles. The van der Waals surface area contributed by atoms with Gasteiger partial charge in [-0.15, -0.1) is 0 Å². The van der Waals surface area contributed by atoms with Gasteiger partial charge >= 0.3 is 0 Å². The Labute approximate surface area is 126 Å². The number of carbonyl (C=O) groups is 1. The Bertz CT molecular complexity index is 341. The van der Waals surface area contributed by atoms with Gasteiger partial charge in [0, 0.05) is 32.8 Å². The van der Waals surface area contributed by atoms with E-state index in [0.29, 0.717) is 32.7 Å². The van der Waals surface area contributed by atoms with Gasteiger partial charge in [-0.05, 0) is 13.3 Å². The third-order valence-corrected chi connectivity index (χ3v) is 3.79. The van der Waals surface area contributed by atoms with E-state index in [1.807, 2.05) is 11.8 Å². The van der Waals surface area contributed by atoms with E-state index >= 15 is 0 Å². The largest absolute Gasteiger partial charge is 0.409 e. The molecule has 0 saturated carbocycles. The molecule has 7 heteroatoms. The standard InChI is InChI=1S/C14H28N4O3/c1-3-5-12(14(15)16-20)17-7-9-18(10-8-17)13(19)6-11-21-4-2/h12,20H,3-11H2,1-2H3,(H2,15,16). The Morgan fingerprint density at radius 2 is 2.00 bits per heavy atom. The van der Waals surface area contributed by atoms with Crippen molar-refractivity contribution in [3.05, 3.63) is 0 Å². The lowest BCUT2D eigenvalue weighted by atomic mass is 10.1. The van der Waals surface area contributed by atoms with Crippen LogP contribution in [-0.2, 0) is 9.53 Å². The first-order valence-corrected chi connectivity index (χ1v) is 7.71. The van der Waals surface area contributed by atoms with E-state index in [1.54, 1.807) is 0 Å². The first-order valence-electron chi connectivity index (χ1n) is 7.71. The van der Waals surface area contributed by atoms with Gasteiger partial charge in [0.05, 0.1) is 19.1 Å². The van der Waals surface area contributed by atoms with Crippen LogP contribution in [0.1, 0.15) is 33.1 Å². The van der Waals surface area contributed by atoms with E-state index in [1.165, 1.54) is 0 Å². The highest BCUT2D eigenvalue weighted by Crippen LogP contribution is 2.12. The maximum atomic E-state index is 12.0. The van der Waals surface area contributed by atoms with Crippen LogP contribution in [0.15, 0.2) is 5.16 Å². The molecule has 7 nitrogen and oxygen atoms in total. The quantitative estimate of drug-likeness (QED) is 0.224. The van der Waals surface area contributed by atoms with Crippen molar-refractivity contribution < 1.29 is 14.7 Å². The fourth-order valence-electron chi connectivity index (χ4n) is 2.60. The Balaban J connectivity index is 2.44. The van der Waals surface area contributed by atoms with Gasteiger partial charge in [0.25, 0.3) is 0 Å². The monoisotopic (exact) mass is 300 g/mol. The van der Waals surface area contributed by atoms with E-state index < -0.39 is 0 Å². The van der Waals surface area contributed by atoms with Crippen LogP contribution in [0.25, 0.3) is 0 Å². The van der Waals surface area contributed by atoms with Gasteiger partial charge in [0.2, 0.25) is 5.91 Å². The van der Waals surface area contributed by atoms with Gasteiger partial charge in [0.1, 0.15) is 0 Å². The van der Waals surface area contributed by atoms with E-state index in [2.05, 4.69) is 17.0 Å². The van der Waals surface area contributed by atoms with Gasteiger partial charge in [0.15, 0.2) is 5.84 Å². The van der Waals surface area contributed by atoms with Crippen LogP contribution in [0.2, 0.25) is 0 Å². The number of carbonyl (C=O) groups excluding carboxylic acids is 1. The number of piperazine rings is 1. The van der Waals surface area contributed by atoms with Gasteiger partial charge in [-0.25, -0.2) is 0 Å². The molecular formula is C14H28N4O3. The average Bonchev–Trinajstić information content (AvgIpc) is 2.52. The summed E-state index contributed by atoms with van der Waals surface area (Å²) in [5.41, 5.74) is 5.77. The Morgan fingerprint density at radius 1 is 1.33 bits per heavy atom. The van der Waals surface area contributed by atoms with E-state index in [4.69, 9.17) is 15.7 Å². The summed E-state index contributed by atoms with van der Waals surface area (Å²) in [6.45, 7) is 7.99. The molecule has 1 rings (SSSR count). The summed E-state index contributed by atoms with van der Waals surface area (Å²) in [6, 6.07) is -0.0410. The van der Waals surface area contributed by atoms with Crippen molar-refractivity contribution in [3.8, 4) is 0 Å². The van der Waals surface area contributed by atoms with Crippen molar-refractivity contribution >= 4 is 11.7 Å². The van der Waals surface area contributed by atoms with E-state index in [0.717, 1.165) is 25.9 Å². The zero-order valence-electron chi connectivity index (χ0n) is 13.1. The summed E-state index contributed by atoms with van der Waals surface area (Å²) in [6.07, 6.45) is 2.26. The van der Waals surface area contributed by atoms with Crippen LogP contribution in [0.4, 0.5) is 0 Å². The van der Waals surface area contributed by atoms with Gasteiger partial charge in [-0.1, -0.05) is 18.5 Å². The Kier molecular flexibility index (Phi) is 8.07. The number of hydrogen-bond acceptors (Lipinski definition) is 5. The van der Waals surface area contributed by atoms with Crippen molar-refractivity contribution in [2.75, 3.05) is 39.4 Å². The van der Waals surface area contributed by atoms with Gasteiger partial charge in [-0.3, -0.25) is 9.69 Å². The van der Waals surface area contributed by atoms with E-state index in [9.17, 15) is 4.79 Å². The topological polar surface area (TPSA) is 91.4 Å². The summed E-state index contributed by atoms with van der Waals surface area (Å²) in [7, 11) is 0. The van der Waals surface area contributed by atoms with E-state index in [-0.39, 0.29) is 17.8 Å². The molecule has 1 amide bonds. The molecular weight excluding hydrogens is 272 g/mol. The second kappa shape index (κ2) is 9.57. The zero-order chi connectivity index (χ0) is 15.7. The fraction of sp³-hybridized carbons (Fsp3) is 0.857. The van der Waals surface area contributed by atoms with Gasteiger partial charge in [-0.2, -0.15) is 0 Å². The van der Waals surface area contributed by atoms with Crippen molar-refractivity contribution in [2.45, 2.75) is 39.2 Å². The highest BCUT2D eigenvalue weighted by atomic mass is 16.5.